The summed E-state index contributed by atoms with van der Waals surface area (Å²) in [6.07, 6.45) is 1.64. The highest BCUT2D eigenvalue weighted by Gasteiger charge is 2.19. The molecule has 0 bridgehead atoms. The molecule has 1 saturated heterocycles. The van der Waals surface area contributed by atoms with E-state index in [9.17, 15) is 9.59 Å². The molecular formula is C11H15N3O3. The van der Waals surface area contributed by atoms with E-state index in [0.29, 0.717) is 19.0 Å². The van der Waals surface area contributed by atoms with Gasteiger partial charge in [-0.25, -0.2) is 4.98 Å². The van der Waals surface area contributed by atoms with E-state index >= 15 is 0 Å². The van der Waals surface area contributed by atoms with Gasteiger partial charge in [0.2, 0.25) is 0 Å². The molecule has 1 fully saturated rings. The SMILES string of the molecule is CNC(=O)c1cc(=O)[nH]c(C2CCOCC2)n1. The Morgan fingerprint density at radius 3 is 2.88 bits per heavy atom. The molecule has 17 heavy (non-hydrogen) atoms. The molecule has 0 aromatic carbocycles. The zero-order valence-corrected chi connectivity index (χ0v) is 9.66. The Hall–Kier alpha value is -1.69. The predicted molar refractivity (Wildman–Crippen MR) is 61.0 cm³/mol. The maximum absolute atomic E-state index is 11.5. The summed E-state index contributed by atoms with van der Waals surface area (Å²) >= 11 is 0. The van der Waals surface area contributed by atoms with Crippen molar-refractivity contribution >= 4 is 5.91 Å². The third-order valence-corrected chi connectivity index (χ3v) is 2.83. The largest absolute Gasteiger partial charge is 0.381 e. The van der Waals surface area contributed by atoms with Crippen LogP contribution in [0.2, 0.25) is 0 Å². The number of nitrogens with zero attached hydrogens (tertiary/aromatic N) is 1. The zero-order chi connectivity index (χ0) is 12.3. The number of carbonyl (C=O) groups excluding carboxylic acids is 1. The van der Waals surface area contributed by atoms with E-state index in [1.165, 1.54) is 13.1 Å². The molecule has 1 amide bonds. The van der Waals surface area contributed by atoms with E-state index in [-0.39, 0.29) is 23.1 Å². The Bertz CT molecular complexity index is 463. The Labute approximate surface area is 98.4 Å². The number of hydrogen-bond donors (Lipinski definition) is 2. The Balaban J connectivity index is 2.30. The third-order valence-electron chi connectivity index (χ3n) is 2.83. The van der Waals surface area contributed by atoms with Crippen LogP contribution in [0.15, 0.2) is 10.9 Å². The first-order valence-electron chi connectivity index (χ1n) is 5.62. The average Bonchev–Trinajstić information content (AvgIpc) is 2.38. The number of aromatic amines is 1. The lowest BCUT2D eigenvalue weighted by atomic mass is 9.99. The van der Waals surface area contributed by atoms with Gasteiger partial charge in [-0.15, -0.1) is 0 Å². The van der Waals surface area contributed by atoms with Crippen molar-refractivity contribution in [1.29, 1.82) is 0 Å². The quantitative estimate of drug-likeness (QED) is 0.759. The van der Waals surface area contributed by atoms with Gasteiger partial charge in [0.15, 0.2) is 0 Å². The standard InChI is InChI=1S/C11H15N3O3/c1-12-11(16)8-6-9(15)14-10(13-8)7-2-4-17-5-3-7/h6-7H,2-5H2,1H3,(H,12,16)(H,13,14,15). The first-order valence-corrected chi connectivity index (χ1v) is 5.62. The number of ether oxygens (including phenoxy) is 1. The minimum Gasteiger partial charge on any atom is -0.381 e. The number of carbonyl (C=O) groups is 1. The van der Waals surface area contributed by atoms with Crippen LogP contribution in [0.4, 0.5) is 0 Å². The lowest BCUT2D eigenvalue weighted by molar-refractivity contribution is 0.0833. The van der Waals surface area contributed by atoms with Gasteiger partial charge < -0.3 is 15.0 Å². The van der Waals surface area contributed by atoms with Crippen LogP contribution in [-0.4, -0.2) is 36.1 Å². The summed E-state index contributed by atoms with van der Waals surface area (Å²) in [5.74, 6) is 0.407. The van der Waals surface area contributed by atoms with Gasteiger partial charge >= 0.3 is 0 Å². The lowest BCUT2D eigenvalue weighted by Gasteiger charge is -2.21. The maximum Gasteiger partial charge on any atom is 0.269 e. The maximum atomic E-state index is 11.5. The number of hydrogen-bond acceptors (Lipinski definition) is 4. The van der Waals surface area contributed by atoms with Crippen LogP contribution >= 0.6 is 0 Å². The number of rotatable bonds is 2. The molecule has 1 aliphatic heterocycles. The highest BCUT2D eigenvalue weighted by Crippen LogP contribution is 2.23. The van der Waals surface area contributed by atoms with Crippen molar-refractivity contribution in [2.45, 2.75) is 18.8 Å². The van der Waals surface area contributed by atoms with Crippen molar-refractivity contribution in [2.24, 2.45) is 0 Å². The average molecular weight is 237 g/mol. The molecule has 1 aromatic heterocycles. The molecule has 0 unspecified atom stereocenters. The Morgan fingerprint density at radius 1 is 1.53 bits per heavy atom. The molecule has 6 nitrogen and oxygen atoms in total. The molecule has 6 heteroatoms. The molecular weight excluding hydrogens is 222 g/mol. The topological polar surface area (TPSA) is 84.1 Å². The first kappa shape index (κ1) is 11.8. The summed E-state index contributed by atoms with van der Waals surface area (Å²) in [4.78, 5) is 29.8. The van der Waals surface area contributed by atoms with Gasteiger partial charge in [-0.3, -0.25) is 9.59 Å². The second-order valence-electron chi connectivity index (χ2n) is 3.98. The molecule has 0 aliphatic carbocycles. The fourth-order valence-corrected chi connectivity index (χ4v) is 1.89. The van der Waals surface area contributed by atoms with E-state index < -0.39 is 0 Å². The van der Waals surface area contributed by atoms with Crippen LogP contribution in [0.1, 0.15) is 35.1 Å². The van der Waals surface area contributed by atoms with Crippen molar-refractivity contribution in [3.8, 4) is 0 Å². The predicted octanol–water partition coefficient (Wildman–Crippen LogP) is 0.0235. The van der Waals surface area contributed by atoms with E-state index in [1.807, 2.05) is 0 Å². The van der Waals surface area contributed by atoms with E-state index in [0.717, 1.165) is 12.8 Å². The van der Waals surface area contributed by atoms with E-state index in [4.69, 9.17) is 4.74 Å². The molecule has 0 radical (unpaired) electrons. The zero-order valence-electron chi connectivity index (χ0n) is 9.66. The Morgan fingerprint density at radius 2 is 2.24 bits per heavy atom. The van der Waals surface area contributed by atoms with Gasteiger partial charge in [-0.1, -0.05) is 0 Å². The highest BCUT2D eigenvalue weighted by atomic mass is 16.5. The van der Waals surface area contributed by atoms with Gasteiger partial charge in [0.1, 0.15) is 11.5 Å². The number of nitrogens with one attached hydrogen (secondary N) is 2. The van der Waals surface area contributed by atoms with Gasteiger partial charge in [0.25, 0.3) is 11.5 Å². The third kappa shape index (κ3) is 2.71. The Kier molecular flexibility index (Phi) is 3.53. The smallest absolute Gasteiger partial charge is 0.269 e. The second kappa shape index (κ2) is 5.09. The molecule has 1 aromatic rings. The van der Waals surface area contributed by atoms with Gasteiger partial charge in [-0.05, 0) is 12.8 Å². The summed E-state index contributed by atoms with van der Waals surface area (Å²) < 4.78 is 5.25. The molecule has 92 valence electrons. The van der Waals surface area contributed by atoms with Crippen LogP contribution in [0.5, 0.6) is 0 Å². The monoisotopic (exact) mass is 237 g/mol. The summed E-state index contributed by atoms with van der Waals surface area (Å²) in [6.45, 7) is 1.33. The number of aromatic nitrogens is 2. The van der Waals surface area contributed by atoms with Crippen molar-refractivity contribution in [2.75, 3.05) is 20.3 Å². The number of amides is 1. The lowest BCUT2D eigenvalue weighted by Crippen LogP contribution is -2.26. The van der Waals surface area contributed by atoms with Crippen LogP contribution in [0.25, 0.3) is 0 Å². The molecule has 0 saturated carbocycles. The van der Waals surface area contributed by atoms with Crippen molar-refractivity contribution in [3.05, 3.63) is 27.9 Å². The van der Waals surface area contributed by atoms with Crippen molar-refractivity contribution in [1.82, 2.24) is 15.3 Å². The molecule has 0 atom stereocenters. The minimum atomic E-state index is -0.343. The first-order chi connectivity index (χ1) is 8.20. The van der Waals surface area contributed by atoms with E-state index in [1.54, 1.807) is 0 Å². The van der Waals surface area contributed by atoms with Crippen LogP contribution in [0.3, 0.4) is 0 Å². The highest BCUT2D eigenvalue weighted by molar-refractivity contribution is 5.91. The van der Waals surface area contributed by atoms with Gasteiger partial charge in [0, 0.05) is 32.2 Å². The van der Waals surface area contributed by atoms with Crippen LogP contribution in [0, 0.1) is 0 Å². The molecule has 2 rings (SSSR count). The fourth-order valence-electron chi connectivity index (χ4n) is 1.89. The van der Waals surface area contributed by atoms with Gasteiger partial charge in [0.05, 0.1) is 0 Å². The molecule has 0 spiro atoms. The summed E-state index contributed by atoms with van der Waals surface area (Å²) in [5, 5.41) is 2.46. The fraction of sp³-hybridized carbons (Fsp3) is 0.545. The second-order valence-corrected chi connectivity index (χ2v) is 3.98. The van der Waals surface area contributed by atoms with Crippen molar-refractivity contribution in [3.63, 3.8) is 0 Å². The normalized spacial score (nSPS) is 16.8. The van der Waals surface area contributed by atoms with Crippen LogP contribution in [-0.2, 0) is 4.74 Å². The summed E-state index contributed by atoms with van der Waals surface area (Å²) in [7, 11) is 1.51. The molecule has 2 heterocycles. The molecule has 2 N–H and O–H groups in total. The number of H-pyrrole nitrogens is 1. The molecule has 1 aliphatic rings. The summed E-state index contributed by atoms with van der Waals surface area (Å²) in [6, 6.07) is 1.21. The van der Waals surface area contributed by atoms with Gasteiger partial charge in [-0.2, -0.15) is 0 Å². The van der Waals surface area contributed by atoms with Crippen LogP contribution < -0.4 is 10.9 Å². The van der Waals surface area contributed by atoms with E-state index in [2.05, 4.69) is 15.3 Å². The minimum absolute atomic E-state index is 0.165. The van der Waals surface area contributed by atoms with Crippen molar-refractivity contribution < 1.29 is 9.53 Å². The summed E-state index contributed by atoms with van der Waals surface area (Å²) in [5.41, 5.74) is -0.127.